The zero-order valence-electron chi connectivity index (χ0n) is 6.06. The van der Waals surface area contributed by atoms with Crippen LogP contribution in [0.1, 0.15) is 12.8 Å². The number of hydrogen-bond acceptors (Lipinski definition) is 2. The summed E-state index contributed by atoms with van der Waals surface area (Å²) in [5.74, 6) is 0.667. The quantitative estimate of drug-likeness (QED) is 0.517. The minimum Gasteiger partial charge on any atom is -0.396 e. The van der Waals surface area contributed by atoms with E-state index in [9.17, 15) is 0 Å². The lowest BCUT2D eigenvalue weighted by Crippen LogP contribution is -1.81. The summed E-state index contributed by atoms with van der Waals surface area (Å²) in [7, 11) is 0. The molecule has 0 saturated carbocycles. The van der Waals surface area contributed by atoms with Crippen molar-refractivity contribution in [3.8, 4) is 0 Å². The second-order valence-corrected chi connectivity index (χ2v) is 2.72. The van der Waals surface area contributed by atoms with Gasteiger partial charge in [-0.15, -0.1) is 11.6 Å². The molecule has 0 unspecified atom stereocenters. The van der Waals surface area contributed by atoms with Crippen LogP contribution in [0.25, 0.3) is 0 Å². The third-order valence-corrected chi connectivity index (χ3v) is 0.809. The van der Waals surface area contributed by atoms with E-state index in [4.69, 9.17) is 16.7 Å². The van der Waals surface area contributed by atoms with Gasteiger partial charge in [0, 0.05) is 12.5 Å². The Bertz CT molecular complexity index is 32.2. The lowest BCUT2D eigenvalue weighted by molar-refractivity contribution is 0.287. The highest BCUT2D eigenvalue weighted by Gasteiger charge is 1.77. The standard InChI is InChI=1S/C4H9ClO.C2H6S/c5-3-1-2-4-6;1-3-2/h6H,1-4H2;1-2H3. The van der Waals surface area contributed by atoms with Gasteiger partial charge in [0.05, 0.1) is 0 Å². The van der Waals surface area contributed by atoms with E-state index in [-0.39, 0.29) is 6.61 Å². The van der Waals surface area contributed by atoms with Gasteiger partial charge in [-0.3, -0.25) is 0 Å². The monoisotopic (exact) mass is 170 g/mol. The van der Waals surface area contributed by atoms with Crippen LogP contribution in [0.3, 0.4) is 0 Å². The maximum Gasteiger partial charge on any atom is 0.0431 e. The van der Waals surface area contributed by atoms with E-state index in [1.54, 1.807) is 11.8 Å². The van der Waals surface area contributed by atoms with Gasteiger partial charge in [0.2, 0.25) is 0 Å². The Kier molecular flexibility index (Phi) is 21.6. The van der Waals surface area contributed by atoms with Gasteiger partial charge in [0.25, 0.3) is 0 Å². The lowest BCUT2D eigenvalue weighted by Gasteiger charge is -1.84. The smallest absolute Gasteiger partial charge is 0.0431 e. The molecule has 0 aromatic carbocycles. The first kappa shape index (κ1) is 12.3. The zero-order valence-corrected chi connectivity index (χ0v) is 7.63. The van der Waals surface area contributed by atoms with E-state index in [1.807, 2.05) is 12.5 Å². The molecule has 0 aliphatic heterocycles. The fourth-order valence-electron chi connectivity index (χ4n) is 0.206. The molecular formula is C6H15ClOS. The average Bonchev–Trinajstić information content (AvgIpc) is 1.86. The highest BCUT2D eigenvalue weighted by molar-refractivity contribution is 7.97. The average molecular weight is 171 g/mol. The van der Waals surface area contributed by atoms with Crippen molar-refractivity contribution in [1.29, 1.82) is 0 Å². The minimum absolute atomic E-state index is 0.271. The van der Waals surface area contributed by atoms with Crippen LogP contribution >= 0.6 is 23.4 Å². The predicted octanol–water partition coefficient (Wildman–Crippen LogP) is 1.98. The molecule has 0 fully saturated rings. The van der Waals surface area contributed by atoms with Gasteiger partial charge in [-0.25, -0.2) is 0 Å². The number of aliphatic hydroxyl groups excluding tert-OH is 1. The highest BCUT2D eigenvalue weighted by Crippen LogP contribution is 1.87. The van der Waals surface area contributed by atoms with Crippen LogP contribution in [0, 0.1) is 0 Å². The van der Waals surface area contributed by atoms with Crippen LogP contribution in [0.2, 0.25) is 0 Å². The first-order valence-corrected chi connectivity index (χ1v) is 5.07. The summed E-state index contributed by atoms with van der Waals surface area (Å²) in [6, 6.07) is 0. The molecule has 58 valence electrons. The van der Waals surface area contributed by atoms with E-state index < -0.39 is 0 Å². The Morgan fingerprint density at radius 1 is 1.33 bits per heavy atom. The Labute approximate surface area is 66.8 Å². The number of alkyl halides is 1. The largest absolute Gasteiger partial charge is 0.396 e. The van der Waals surface area contributed by atoms with Crippen molar-refractivity contribution in [2.75, 3.05) is 25.0 Å². The van der Waals surface area contributed by atoms with Crippen LogP contribution < -0.4 is 0 Å². The molecule has 0 amide bonds. The summed E-state index contributed by atoms with van der Waals surface area (Å²) in [6.45, 7) is 0.271. The number of thioether (sulfide) groups is 1. The maximum absolute atomic E-state index is 8.14. The molecule has 0 bridgehead atoms. The van der Waals surface area contributed by atoms with Crippen molar-refractivity contribution in [3.05, 3.63) is 0 Å². The molecule has 0 aromatic heterocycles. The minimum atomic E-state index is 0.271. The van der Waals surface area contributed by atoms with Gasteiger partial charge in [0.1, 0.15) is 0 Å². The normalized spacial score (nSPS) is 8.00. The first-order valence-electron chi connectivity index (χ1n) is 2.90. The molecule has 1 nitrogen and oxygen atoms in total. The van der Waals surface area contributed by atoms with Crippen molar-refractivity contribution in [1.82, 2.24) is 0 Å². The summed E-state index contributed by atoms with van der Waals surface area (Å²) >= 11 is 7.02. The van der Waals surface area contributed by atoms with Crippen LogP contribution in [0.5, 0.6) is 0 Å². The van der Waals surface area contributed by atoms with Gasteiger partial charge in [0.15, 0.2) is 0 Å². The highest BCUT2D eigenvalue weighted by atomic mass is 35.5. The van der Waals surface area contributed by atoms with Crippen LogP contribution in [-0.4, -0.2) is 30.1 Å². The Morgan fingerprint density at radius 3 is 1.89 bits per heavy atom. The third-order valence-electron chi connectivity index (χ3n) is 0.542. The lowest BCUT2D eigenvalue weighted by atomic mass is 10.4. The van der Waals surface area contributed by atoms with Crippen LogP contribution in [0.15, 0.2) is 0 Å². The van der Waals surface area contributed by atoms with Gasteiger partial charge in [-0.1, -0.05) is 0 Å². The van der Waals surface area contributed by atoms with Crippen molar-refractivity contribution < 1.29 is 5.11 Å². The molecule has 0 radical (unpaired) electrons. The number of rotatable bonds is 3. The number of aliphatic hydroxyl groups is 1. The second kappa shape index (κ2) is 15.8. The Hall–Kier alpha value is 0.600. The number of halogens is 1. The summed E-state index contributed by atoms with van der Waals surface area (Å²) in [6.07, 6.45) is 5.85. The summed E-state index contributed by atoms with van der Waals surface area (Å²) in [4.78, 5) is 0. The molecule has 0 atom stereocenters. The second-order valence-electron chi connectivity index (χ2n) is 1.53. The maximum atomic E-state index is 8.14. The van der Waals surface area contributed by atoms with E-state index in [1.165, 1.54) is 0 Å². The van der Waals surface area contributed by atoms with Gasteiger partial charge >= 0.3 is 0 Å². The summed E-state index contributed by atoms with van der Waals surface area (Å²) in [5, 5.41) is 8.14. The van der Waals surface area contributed by atoms with Crippen LogP contribution in [0.4, 0.5) is 0 Å². The molecule has 0 aliphatic rings. The fourth-order valence-corrected chi connectivity index (χ4v) is 0.395. The van der Waals surface area contributed by atoms with Crippen molar-refractivity contribution in [2.24, 2.45) is 0 Å². The van der Waals surface area contributed by atoms with Gasteiger partial charge < -0.3 is 5.11 Å². The van der Waals surface area contributed by atoms with Gasteiger partial charge in [-0.2, -0.15) is 11.8 Å². The van der Waals surface area contributed by atoms with Crippen molar-refractivity contribution >= 4 is 23.4 Å². The molecule has 0 saturated heterocycles. The predicted molar refractivity (Wildman–Crippen MR) is 46.5 cm³/mol. The van der Waals surface area contributed by atoms with Gasteiger partial charge in [-0.05, 0) is 25.4 Å². The number of hydrogen-bond donors (Lipinski definition) is 1. The van der Waals surface area contributed by atoms with Crippen molar-refractivity contribution in [2.45, 2.75) is 12.8 Å². The Balaban J connectivity index is 0. The summed E-state index contributed by atoms with van der Waals surface area (Å²) in [5.41, 5.74) is 0. The molecule has 0 heterocycles. The van der Waals surface area contributed by atoms with E-state index in [2.05, 4.69) is 0 Å². The zero-order chi connectivity index (χ0) is 7.54. The topological polar surface area (TPSA) is 20.2 Å². The van der Waals surface area contributed by atoms with E-state index >= 15 is 0 Å². The molecule has 0 aromatic rings. The van der Waals surface area contributed by atoms with Crippen molar-refractivity contribution in [3.63, 3.8) is 0 Å². The molecule has 0 rings (SSSR count). The molecule has 1 N–H and O–H groups in total. The first-order chi connectivity index (χ1) is 4.33. The van der Waals surface area contributed by atoms with E-state index in [0.29, 0.717) is 5.88 Å². The molecular weight excluding hydrogens is 156 g/mol. The molecule has 0 spiro atoms. The molecule has 3 heteroatoms. The third kappa shape index (κ3) is 28.9. The SMILES string of the molecule is CSC.OCCCCCl. The number of unbranched alkanes of at least 4 members (excludes halogenated alkanes) is 1. The Morgan fingerprint density at radius 2 is 1.78 bits per heavy atom. The van der Waals surface area contributed by atoms with E-state index in [0.717, 1.165) is 12.8 Å². The molecule has 0 aliphatic carbocycles. The summed E-state index contributed by atoms with van der Waals surface area (Å²) < 4.78 is 0. The van der Waals surface area contributed by atoms with Crippen LogP contribution in [-0.2, 0) is 0 Å². The fraction of sp³-hybridized carbons (Fsp3) is 1.00. The molecule has 9 heavy (non-hydrogen) atoms.